The van der Waals surface area contributed by atoms with Crippen molar-refractivity contribution in [3.05, 3.63) is 28.7 Å². The largest absolute Gasteiger partial charge is 0.479 e. The predicted octanol–water partition coefficient (Wildman–Crippen LogP) is 0.550. The average molecular weight is 240 g/mol. The van der Waals surface area contributed by atoms with Crippen LogP contribution in [0.4, 0.5) is 0 Å². The molecule has 0 radical (unpaired) electrons. The van der Waals surface area contributed by atoms with Crippen molar-refractivity contribution >= 4 is 17.7 Å². The molecule has 5 nitrogen and oxygen atoms in total. The molecule has 1 aliphatic heterocycles. The molecule has 2 heterocycles. The van der Waals surface area contributed by atoms with E-state index in [2.05, 4.69) is 5.10 Å². The molecular formula is C10H12N2O3S. The standard InChI is InChI=1S/C10H12N2O3S/c13-8-3-1-5-11-12(8)10(9(14)15)4-2-6-16-7-10/h1,3,5H,2,4,6-7H2,(H,14,15). The topological polar surface area (TPSA) is 72.2 Å². The molecule has 1 saturated heterocycles. The van der Waals surface area contributed by atoms with Crippen LogP contribution in [0.3, 0.4) is 0 Å². The first-order valence-corrected chi connectivity index (χ1v) is 6.18. The molecule has 1 aromatic rings. The molecule has 0 aliphatic carbocycles. The van der Waals surface area contributed by atoms with Gasteiger partial charge in [-0.3, -0.25) is 4.79 Å². The Bertz CT molecular complexity index is 451. The van der Waals surface area contributed by atoms with Gasteiger partial charge in [0.25, 0.3) is 5.56 Å². The molecule has 0 spiro atoms. The second-order valence-corrected chi connectivity index (χ2v) is 4.87. The van der Waals surface area contributed by atoms with Crippen LogP contribution in [0.25, 0.3) is 0 Å². The van der Waals surface area contributed by atoms with Crippen LogP contribution in [-0.4, -0.2) is 32.4 Å². The van der Waals surface area contributed by atoms with Crippen LogP contribution in [0.1, 0.15) is 12.8 Å². The minimum atomic E-state index is -1.17. The van der Waals surface area contributed by atoms with Gasteiger partial charge >= 0.3 is 5.97 Å². The molecule has 1 unspecified atom stereocenters. The summed E-state index contributed by atoms with van der Waals surface area (Å²) in [5, 5.41) is 13.3. The van der Waals surface area contributed by atoms with E-state index in [0.29, 0.717) is 12.2 Å². The fraction of sp³-hybridized carbons (Fsp3) is 0.500. The second kappa shape index (κ2) is 4.29. The van der Waals surface area contributed by atoms with Gasteiger partial charge in [0.05, 0.1) is 0 Å². The van der Waals surface area contributed by atoms with E-state index >= 15 is 0 Å². The molecule has 1 N–H and O–H groups in total. The lowest BCUT2D eigenvalue weighted by Crippen LogP contribution is -2.51. The molecule has 0 amide bonds. The first-order valence-electron chi connectivity index (χ1n) is 5.03. The lowest BCUT2D eigenvalue weighted by atomic mass is 9.95. The van der Waals surface area contributed by atoms with Crippen LogP contribution in [0.5, 0.6) is 0 Å². The van der Waals surface area contributed by atoms with Crippen LogP contribution in [0.15, 0.2) is 23.1 Å². The third kappa shape index (κ3) is 1.73. The second-order valence-electron chi connectivity index (χ2n) is 3.77. The van der Waals surface area contributed by atoms with Crippen LogP contribution in [0, 0.1) is 0 Å². The highest BCUT2D eigenvalue weighted by Gasteiger charge is 2.43. The Kier molecular flexibility index (Phi) is 3.00. The Morgan fingerprint density at radius 2 is 2.44 bits per heavy atom. The number of carboxylic acid groups (broad SMARTS) is 1. The fourth-order valence-corrected chi connectivity index (χ4v) is 3.11. The van der Waals surface area contributed by atoms with E-state index in [1.165, 1.54) is 18.3 Å². The quantitative estimate of drug-likeness (QED) is 0.817. The number of thioether (sulfide) groups is 1. The average Bonchev–Trinajstić information content (AvgIpc) is 2.30. The summed E-state index contributed by atoms with van der Waals surface area (Å²) in [6.07, 6.45) is 2.71. The van der Waals surface area contributed by atoms with E-state index in [4.69, 9.17) is 0 Å². The number of nitrogens with zero attached hydrogens (tertiary/aromatic N) is 2. The molecule has 0 saturated carbocycles. The maximum atomic E-state index is 11.7. The lowest BCUT2D eigenvalue weighted by Gasteiger charge is -2.32. The normalized spacial score (nSPS) is 25.2. The smallest absolute Gasteiger partial charge is 0.332 e. The van der Waals surface area contributed by atoms with Crippen molar-refractivity contribution in [1.82, 2.24) is 9.78 Å². The van der Waals surface area contributed by atoms with E-state index in [9.17, 15) is 14.7 Å². The van der Waals surface area contributed by atoms with Crippen LogP contribution in [0.2, 0.25) is 0 Å². The number of aromatic nitrogens is 2. The van der Waals surface area contributed by atoms with Crippen molar-refractivity contribution in [2.24, 2.45) is 0 Å². The minimum absolute atomic E-state index is 0.354. The van der Waals surface area contributed by atoms with Crippen LogP contribution >= 0.6 is 11.8 Å². The molecule has 0 bridgehead atoms. The fourth-order valence-electron chi connectivity index (χ4n) is 1.89. The zero-order valence-corrected chi connectivity index (χ0v) is 9.44. The predicted molar refractivity (Wildman–Crippen MR) is 60.7 cm³/mol. The SMILES string of the molecule is O=C(O)C1(n2ncccc2=O)CCCSC1. The van der Waals surface area contributed by atoms with E-state index in [0.717, 1.165) is 16.9 Å². The van der Waals surface area contributed by atoms with Gasteiger partial charge in [-0.1, -0.05) is 0 Å². The number of rotatable bonds is 2. The molecule has 2 rings (SSSR count). The molecule has 1 fully saturated rings. The summed E-state index contributed by atoms with van der Waals surface area (Å²) in [5.41, 5.74) is -1.52. The Hall–Kier alpha value is -1.30. The molecule has 0 aromatic carbocycles. The zero-order chi connectivity index (χ0) is 11.6. The highest BCUT2D eigenvalue weighted by atomic mass is 32.2. The van der Waals surface area contributed by atoms with Crippen molar-refractivity contribution in [3.63, 3.8) is 0 Å². The minimum Gasteiger partial charge on any atom is -0.479 e. The zero-order valence-electron chi connectivity index (χ0n) is 8.63. The van der Waals surface area contributed by atoms with Crippen molar-refractivity contribution in [3.8, 4) is 0 Å². The third-order valence-electron chi connectivity index (χ3n) is 2.74. The van der Waals surface area contributed by atoms with Crippen LogP contribution < -0.4 is 5.56 Å². The van der Waals surface area contributed by atoms with Crippen LogP contribution in [-0.2, 0) is 10.3 Å². The van der Waals surface area contributed by atoms with Gasteiger partial charge in [0.2, 0.25) is 0 Å². The maximum absolute atomic E-state index is 11.7. The Morgan fingerprint density at radius 3 is 3.00 bits per heavy atom. The summed E-state index contributed by atoms with van der Waals surface area (Å²) in [5.74, 6) is 0.371. The first kappa shape index (κ1) is 11.2. The highest BCUT2D eigenvalue weighted by molar-refractivity contribution is 7.99. The van der Waals surface area contributed by atoms with E-state index in [-0.39, 0.29) is 5.56 Å². The molecule has 1 aromatic heterocycles. The van der Waals surface area contributed by atoms with Gasteiger partial charge in [-0.2, -0.15) is 16.9 Å². The van der Waals surface area contributed by atoms with Gasteiger partial charge in [0, 0.05) is 18.0 Å². The van der Waals surface area contributed by atoms with Crippen molar-refractivity contribution in [2.75, 3.05) is 11.5 Å². The van der Waals surface area contributed by atoms with Gasteiger partial charge < -0.3 is 5.11 Å². The van der Waals surface area contributed by atoms with Gasteiger partial charge in [-0.05, 0) is 24.7 Å². The molecule has 86 valence electrons. The van der Waals surface area contributed by atoms with Gasteiger partial charge in [-0.25, -0.2) is 9.48 Å². The van der Waals surface area contributed by atoms with Crippen molar-refractivity contribution in [1.29, 1.82) is 0 Å². The summed E-state index contributed by atoms with van der Waals surface area (Å²) in [7, 11) is 0. The van der Waals surface area contributed by atoms with Crippen molar-refractivity contribution in [2.45, 2.75) is 18.4 Å². The number of carboxylic acids is 1. The maximum Gasteiger partial charge on any atom is 0.332 e. The lowest BCUT2D eigenvalue weighted by molar-refractivity contribution is -0.147. The number of hydrogen-bond donors (Lipinski definition) is 1. The van der Waals surface area contributed by atoms with Gasteiger partial charge in [0.15, 0.2) is 5.54 Å². The summed E-state index contributed by atoms with van der Waals surface area (Å²) in [6.45, 7) is 0. The summed E-state index contributed by atoms with van der Waals surface area (Å²) < 4.78 is 1.11. The summed E-state index contributed by atoms with van der Waals surface area (Å²) in [6, 6.07) is 2.86. The summed E-state index contributed by atoms with van der Waals surface area (Å²) in [4.78, 5) is 23.1. The van der Waals surface area contributed by atoms with E-state index in [1.807, 2.05) is 0 Å². The van der Waals surface area contributed by atoms with Gasteiger partial charge in [-0.15, -0.1) is 0 Å². The number of aliphatic carboxylic acids is 1. The molecule has 1 atom stereocenters. The molecule has 6 heteroatoms. The molecule has 1 aliphatic rings. The Balaban J connectivity index is 2.51. The molecular weight excluding hydrogens is 228 g/mol. The first-order chi connectivity index (χ1) is 7.67. The number of carbonyl (C=O) groups is 1. The van der Waals surface area contributed by atoms with E-state index in [1.54, 1.807) is 11.8 Å². The summed E-state index contributed by atoms with van der Waals surface area (Å²) >= 11 is 1.55. The Labute approximate surface area is 96.5 Å². The third-order valence-corrected chi connectivity index (χ3v) is 4.00. The Morgan fingerprint density at radius 1 is 1.62 bits per heavy atom. The molecule has 16 heavy (non-hydrogen) atoms. The number of hydrogen-bond acceptors (Lipinski definition) is 4. The van der Waals surface area contributed by atoms with E-state index < -0.39 is 11.5 Å². The van der Waals surface area contributed by atoms with Gasteiger partial charge in [0.1, 0.15) is 0 Å². The monoisotopic (exact) mass is 240 g/mol. The highest BCUT2D eigenvalue weighted by Crippen LogP contribution is 2.31. The van der Waals surface area contributed by atoms with Crippen molar-refractivity contribution < 1.29 is 9.90 Å².